The van der Waals surface area contributed by atoms with Crippen molar-refractivity contribution < 1.29 is 9.59 Å². The highest BCUT2D eigenvalue weighted by Crippen LogP contribution is 2.62. The summed E-state index contributed by atoms with van der Waals surface area (Å²) < 4.78 is 0.352. The second-order valence-electron chi connectivity index (χ2n) is 9.14. The maximum Gasteiger partial charge on any atom is 0.274 e. The van der Waals surface area contributed by atoms with Gasteiger partial charge in [0, 0.05) is 16.3 Å². The van der Waals surface area contributed by atoms with E-state index < -0.39 is 19.1 Å². The van der Waals surface area contributed by atoms with E-state index >= 15 is 0 Å². The number of halogens is 1. The van der Waals surface area contributed by atoms with Gasteiger partial charge in [-0.2, -0.15) is 0 Å². The molecule has 0 aromatic heterocycles. The maximum absolute atomic E-state index is 14.1. The van der Waals surface area contributed by atoms with Crippen LogP contribution in [0.15, 0.2) is 156 Å². The Morgan fingerprint density at radius 2 is 1.07 bits per heavy atom. The van der Waals surface area contributed by atoms with Gasteiger partial charge < -0.3 is 23.3 Å². The largest absolute Gasteiger partial charge is 0.738 e. The van der Waals surface area contributed by atoms with Crippen LogP contribution in [-0.4, -0.2) is 11.8 Å². The molecule has 0 saturated heterocycles. The minimum absolute atomic E-state index is 0.0127. The number of carbonyl (C=O) groups is 2. The molecule has 0 bridgehead atoms. The zero-order valence-corrected chi connectivity index (χ0v) is 24.4. The molecule has 0 aliphatic rings. The summed E-state index contributed by atoms with van der Waals surface area (Å²) in [6.07, 6.45) is 0. The van der Waals surface area contributed by atoms with Crippen molar-refractivity contribution in [1.82, 2.24) is 5.32 Å². The maximum atomic E-state index is 14.1. The predicted octanol–water partition coefficient (Wildman–Crippen LogP) is 6.42. The van der Waals surface area contributed by atoms with Crippen molar-refractivity contribution in [3.63, 3.8) is 0 Å². The van der Waals surface area contributed by atoms with Crippen LogP contribution >= 0.6 is 18.9 Å². The van der Waals surface area contributed by atoms with E-state index in [4.69, 9.17) is 24.2 Å². The summed E-state index contributed by atoms with van der Waals surface area (Å²) in [5, 5.41) is 9.16. The van der Waals surface area contributed by atoms with Gasteiger partial charge in [0.15, 0.2) is 0 Å². The van der Waals surface area contributed by atoms with E-state index in [0.29, 0.717) is 20.9 Å². The Balaban J connectivity index is 1.79. The van der Waals surface area contributed by atoms with Gasteiger partial charge >= 0.3 is 0 Å². The Bertz CT molecular complexity index is 1590. The van der Waals surface area contributed by atoms with Crippen molar-refractivity contribution >= 4 is 64.9 Å². The number of rotatable bonds is 8. The molecule has 0 aliphatic heterocycles. The number of nitrogens with one attached hydrogen (secondary N) is 2. The van der Waals surface area contributed by atoms with Crippen molar-refractivity contribution in [2.24, 2.45) is 0 Å². The Labute approximate surface area is 250 Å². The minimum Gasteiger partial charge on any atom is -0.738 e. The molecule has 5 aromatic rings. The summed E-state index contributed by atoms with van der Waals surface area (Å²) in [5.41, 5.74) is 0.907. The molecule has 4 nitrogen and oxygen atoms in total. The molecule has 0 saturated carbocycles. The van der Waals surface area contributed by atoms with Gasteiger partial charge in [0.05, 0.1) is 0 Å². The lowest BCUT2D eigenvalue weighted by Crippen LogP contribution is -2.37. The van der Waals surface area contributed by atoms with Gasteiger partial charge in [-0.25, -0.2) is 0 Å². The second-order valence-corrected chi connectivity index (χ2v) is 13.6. The molecule has 7 heteroatoms. The molecule has 0 spiro atoms. The van der Waals surface area contributed by atoms with Gasteiger partial charge in [-0.05, 0) is 71.4 Å². The van der Waals surface area contributed by atoms with Crippen LogP contribution in [0, 0.1) is 0 Å². The summed E-state index contributed by atoms with van der Waals surface area (Å²) in [6.45, 7) is 0. The van der Waals surface area contributed by atoms with Crippen molar-refractivity contribution in [3.8, 4) is 0 Å². The minimum atomic E-state index is -2.82. The molecule has 0 atom stereocenters. The smallest absolute Gasteiger partial charge is 0.274 e. The van der Waals surface area contributed by atoms with E-state index in [1.54, 1.807) is 48.5 Å². The molecule has 0 radical (unpaired) electrons. The number of amides is 2. The molecule has 0 fully saturated rings. The summed E-state index contributed by atoms with van der Waals surface area (Å²) in [4.78, 5) is 27.6. The van der Waals surface area contributed by atoms with Crippen LogP contribution in [0.25, 0.3) is 0 Å². The molecule has 0 aliphatic carbocycles. The Morgan fingerprint density at radius 3 is 1.54 bits per heavy atom. The quantitative estimate of drug-likeness (QED) is 0.124. The van der Waals surface area contributed by atoms with E-state index in [0.717, 1.165) is 15.9 Å². The Kier molecular flexibility index (Phi) is 8.91. The molecule has 41 heavy (non-hydrogen) atoms. The molecule has 5 rings (SSSR count). The number of benzene rings is 5. The number of anilines is 1. The summed E-state index contributed by atoms with van der Waals surface area (Å²) in [7, 11) is -2.82. The molecule has 0 heterocycles. The monoisotopic (exact) mass is 592 g/mol. The lowest BCUT2D eigenvalue weighted by molar-refractivity contribution is -0.113. The Hall–Kier alpha value is -4.28. The van der Waals surface area contributed by atoms with E-state index in [2.05, 4.69) is 10.6 Å². The number of carbonyl (C=O) groups excluding carboxylic acids is 2. The predicted molar refractivity (Wildman–Crippen MR) is 174 cm³/mol. The van der Waals surface area contributed by atoms with Gasteiger partial charge in [-0.15, -0.1) is 0 Å². The standard InChI is InChI=1S/C34H26ClN2O2PS/c35-26-16-13-17-27(24-26)36-33(39)31(37-32(38)25-14-5-1-6-15-25)34(41)40(28-18-7-2-8-19-28,29-20-9-3-10-21-29)30-22-11-4-12-23-30/h1-24H,(H2-,36,37,38,39,41). The van der Waals surface area contributed by atoms with Crippen molar-refractivity contribution in [2.45, 2.75) is 0 Å². The fraction of sp³-hybridized carbons (Fsp3) is 0. The first kappa shape index (κ1) is 28.3. The van der Waals surface area contributed by atoms with Crippen molar-refractivity contribution in [3.05, 3.63) is 167 Å². The first-order valence-corrected chi connectivity index (χ1v) is 15.5. The average molecular weight is 593 g/mol. The van der Waals surface area contributed by atoms with Crippen molar-refractivity contribution in [1.29, 1.82) is 0 Å². The zero-order chi connectivity index (χ0) is 28.7. The second kappa shape index (κ2) is 12.9. The fourth-order valence-corrected chi connectivity index (χ4v) is 9.90. The highest BCUT2D eigenvalue weighted by molar-refractivity contribution is 8.06. The van der Waals surface area contributed by atoms with Crippen LogP contribution in [0.3, 0.4) is 0 Å². The average Bonchev–Trinajstić information content (AvgIpc) is 3.02. The van der Waals surface area contributed by atoms with Gasteiger partial charge in [0.25, 0.3) is 11.8 Å². The van der Waals surface area contributed by atoms with Crippen LogP contribution in [0.2, 0.25) is 5.02 Å². The van der Waals surface area contributed by atoms with E-state index in [9.17, 15) is 9.59 Å². The molecule has 5 aromatic carbocycles. The number of hydrogen-bond acceptors (Lipinski definition) is 3. The normalized spacial score (nSPS) is 11.7. The zero-order valence-electron chi connectivity index (χ0n) is 21.9. The highest BCUT2D eigenvalue weighted by Gasteiger charge is 2.46. The summed E-state index contributed by atoms with van der Waals surface area (Å²) in [5.74, 6) is -0.967. The van der Waals surface area contributed by atoms with Gasteiger partial charge in [0.2, 0.25) is 0 Å². The molecule has 2 N–H and O–H groups in total. The molecule has 2 amide bonds. The lowest BCUT2D eigenvalue weighted by atomic mass is 10.2. The summed E-state index contributed by atoms with van der Waals surface area (Å²) >= 11 is 12.6. The first-order chi connectivity index (χ1) is 20.0. The third-order valence-corrected chi connectivity index (χ3v) is 11.8. The fourth-order valence-electron chi connectivity index (χ4n) is 4.66. The van der Waals surface area contributed by atoms with E-state index in [1.165, 1.54) is 0 Å². The third-order valence-electron chi connectivity index (χ3n) is 6.53. The topological polar surface area (TPSA) is 58.2 Å². The Morgan fingerprint density at radius 1 is 0.610 bits per heavy atom. The van der Waals surface area contributed by atoms with Crippen LogP contribution in [0.1, 0.15) is 10.4 Å². The summed E-state index contributed by atoms with van der Waals surface area (Å²) in [6, 6.07) is 45.4. The van der Waals surface area contributed by atoms with Crippen LogP contribution < -0.4 is 26.5 Å². The van der Waals surface area contributed by atoms with Gasteiger partial charge in [-0.3, -0.25) is 9.59 Å². The van der Waals surface area contributed by atoms with Gasteiger partial charge in [0.1, 0.15) is 28.9 Å². The third kappa shape index (κ3) is 6.08. The van der Waals surface area contributed by atoms with Crippen molar-refractivity contribution in [2.75, 3.05) is 5.32 Å². The highest BCUT2D eigenvalue weighted by atomic mass is 35.5. The van der Waals surface area contributed by atoms with Gasteiger partial charge in [-0.1, -0.05) is 90.5 Å². The molecular weight excluding hydrogens is 567 g/mol. The first-order valence-electron chi connectivity index (χ1n) is 12.9. The molecular formula is C34H26ClN2O2PS. The molecule has 202 valence electrons. The number of hydrogen-bond donors (Lipinski definition) is 2. The van der Waals surface area contributed by atoms with Crippen LogP contribution in [-0.2, 0) is 17.4 Å². The van der Waals surface area contributed by atoms with E-state index in [-0.39, 0.29) is 5.70 Å². The van der Waals surface area contributed by atoms with E-state index in [1.807, 2.05) is 97.1 Å². The SMILES string of the molecule is O=C(Nc1cccc(Cl)c1)/C(NC(=O)c1ccccc1)=C(\[S-])[P+](c1ccccc1)(c1ccccc1)c1ccccc1. The molecule has 0 unspecified atom stereocenters. The lowest BCUT2D eigenvalue weighted by Gasteiger charge is -2.35. The van der Waals surface area contributed by atoms with Crippen LogP contribution in [0.4, 0.5) is 5.69 Å². The van der Waals surface area contributed by atoms with Crippen LogP contribution in [0.5, 0.6) is 0 Å².